The van der Waals surface area contributed by atoms with Crippen molar-refractivity contribution in [2.45, 2.75) is 26.2 Å². The van der Waals surface area contributed by atoms with Crippen molar-refractivity contribution < 1.29 is 13.9 Å². The first kappa shape index (κ1) is 24.1. The zero-order chi connectivity index (χ0) is 17.8. The summed E-state index contributed by atoms with van der Waals surface area (Å²) in [5, 5.41) is 6.44. The number of hydrogen-bond acceptors (Lipinski definition) is 3. The van der Waals surface area contributed by atoms with E-state index in [1.807, 2.05) is 13.0 Å². The third kappa shape index (κ3) is 9.96. The van der Waals surface area contributed by atoms with Crippen molar-refractivity contribution in [1.82, 2.24) is 10.6 Å². The van der Waals surface area contributed by atoms with Gasteiger partial charge < -0.3 is 20.1 Å². The van der Waals surface area contributed by atoms with Gasteiger partial charge in [-0.05, 0) is 24.6 Å². The maximum absolute atomic E-state index is 13.4. The SMILES string of the molecule is CCNC(=NCC(C)(C)c1cccc(F)c1)NCCOCCOC.I. The van der Waals surface area contributed by atoms with Crippen LogP contribution in [0.15, 0.2) is 29.3 Å². The number of aliphatic imine (C=N–C) groups is 1. The minimum absolute atomic E-state index is 0. The molecule has 0 atom stereocenters. The molecule has 0 amide bonds. The topological polar surface area (TPSA) is 54.9 Å². The number of hydrogen-bond donors (Lipinski definition) is 2. The Labute approximate surface area is 167 Å². The number of rotatable bonds is 10. The molecule has 1 aromatic rings. The van der Waals surface area contributed by atoms with Gasteiger partial charge in [0.15, 0.2) is 5.96 Å². The zero-order valence-corrected chi connectivity index (χ0v) is 17.9. The van der Waals surface area contributed by atoms with Crippen LogP contribution in [-0.2, 0) is 14.9 Å². The van der Waals surface area contributed by atoms with Crippen molar-refractivity contribution in [3.05, 3.63) is 35.6 Å². The summed E-state index contributed by atoms with van der Waals surface area (Å²) < 4.78 is 23.8. The lowest BCUT2D eigenvalue weighted by molar-refractivity contribution is 0.0733. The van der Waals surface area contributed by atoms with Crippen LogP contribution in [0, 0.1) is 5.82 Å². The molecule has 144 valence electrons. The average Bonchev–Trinajstić information content (AvgIpc) is 2.55. The summed E-state index contributed by atoms with van der Waals surface area (Å²) in [6.45, 7) is 9.88. The van der Waals surface area contributed by atoms with Gasteiger partial charge in [0, 0.05) is 25.6 Å². The maximum atomic E-state index is 13.4. The first-order valence-electron chi connectivity index (χ1n) is 8.34. The fourth-order valence-electron chi connectivity index (χ4n) is 2.11. The second-order valence-corrected chi connectivity index (χ2v) is 6.12. The lowest BCUT2D eigenvalue weighted by atomic mass is 9.85. The highest BCUT2D eigenvalue weighted by atomic mass is 127. The average molecular weight is 467 g/mol. The summed E-state index contributed by atoms with van der Waals surface area (Å²) in [6.07, 6.45) is 0. The molecule has 0 aliphatic carbocycles. The molecule has 25 heavy (non-hydrogen) atoms. The van der Waals surface area contributed by atoms with E-state index in [0.717, 1.165) is 18.1 Å². The fraction of sp³-hybridized carbons (Fsp3) is 0.611. The van der Waals surface area contributed by atoms with E-state index in [9.17, 15) is 4.39 Å². The van der Waals surface area contributed by atoms with Gasteiger partial charge in [0.1, 0.15) is 5.82 Å². The number of ether oxygens (including phenoxy) is 2. The van der Waals surface area contributed by atoms with E-state index in [-0.39, 0.29) is 35.2 Å². The summed E-state index contributed by atoms with van der Waals surface area (Å²) in [6, 6.07) is 6.69. The first-order valence-corrected chi connectivity index (χ1v) is 8.34. The van der Waals surface area contributed by atoms with Crippen LogP contribution in [0.5, 0.6) is 0 Å². The van der Waals surface area contributed by atoms with Crippen LogP contribution in [0.3, 0.4) is 0 Å². The summed E-state index contributed by atoms with van der Waals surface area (Å²) in [5.41, 5.74) is 0.685. The number of nitrogens with one attached hydrogen (secondary N) is 2. The largest absolute Gasteiger partial charge is 0.382 e. The number of benzene rings is 1. The van der Waals surface area contributed by atoms with Gasteiger partial charge in [-0.2, -0.15) is 0 Å². The monoisotopic (exact) mass is 467 g/mol. The van der Waals surface area contributed by atoms with E-state index in [1.165, 1.54) is 6.07 Å². The highest BCUT2D eigenvalue weighted by molar-refractivity contribution is 14.0. The number of halogens is 2. The third-order valence-electron chi connectivity index (χ3n) is 3.55. The number of methoxy groups -OCH3 is 1. The molecule has 0 spiro atoms. The van der Waals surface area contributed by atoms with Gasteiger partial charge in [0.25, 0.3) is 0 Å². The standard InChI is InChI=1S/C18H30FN3O2.HI/c1-5-20-17(21-9-10-24-12-11-23-4)22-14-18(2,3)15-7-6-8-16(19)13-15;/h6-8,13H,5,9-12,14H2,1-4H3,(H2,20,21,22);1H. The van der Waals surface area contributed by atoms with Gasteiger partial charge in [-0.3, -0.25) is 4.99 Å². The summed E-state index contributed by atoms with van der Waals surface area (Å²) in [5.74, 6) is 0.514. The minimum Gasteiger partial charge on any atom is -0.382 e. The molecule has 0 fully saturated rings. The van der Waals surface area contributed by atoms with Gasteiger partial charge in [-0.15, -0.1) is 24.0 Å². The van der Waals surface area contributed by atoms with E-state index in [1.54, 1.807) is 19.2 Å². The number of nitrogens with zero attached hydrogens (tertiary/aromatic N) is 1. The Morgan fingerprint density at radius 2 is 1.96 bits per heavy atom. The van der Waals surface area contributed by atoms with Crippen LogP contribution < -0.4 is 10.6 Å². The molecule has 0 saturated heterocycles. The molecule has 0 saturated carbocycles. The van der Waals surface area contributed by atoms with Gasteiger partial charge >= 0.3 is 0 Å². The maximum Gasteiger partial charge on any atom is 0.191 e. The minimum atomic E-state index is -0.251. The van der Waals surface area contributed by atoms with Gasteiger partial charge in [0.2, 0.25) is 0 Å². The molecule has 0 aliphatic rings. The van der Waals surface area contributed by atoms with Crippen LogP contribution >= 0.6 is 24.0 Å². The summed E-state index contributed by atoms with van der Waals surface area (Å²) in [4.78, 5) is 4.62. The second-order valence-electron chi connectivity index (χ2n) is 6.12. The van der Waals surface area contributed by atoms with Gasteiger partial charge in [-0.25, -0.2) is 4.39 Å². The van der Waals surface area contributed by atoms with Gasteiger partial charge in [0.05, 0.1) is 26.4 Å². The predicted molar refractivity (Wildman–Crippen MR) is 112 cm³/mol. The lowest BCUT2D eigenvalue weighted by Crippen LogP contribution is -2.40. The molecule has 0 radical (unpaired) electrons. The highest BCUT2D eigenvalue weighted by Gasteiger charge is 2.20. The first-order chi connectivity index (χ1) is 11.5. The van der Waals surface area contributed by atoms with Crippen molar-refractivity contribution >= 4 is 29.9 Å². The smallest absolute Gasteiger partial charge is 0.191 e. The van der Waals surface area contributed by atoms with Crippen molar-refractivity contribution in [2.24, 2.45) is 4.99 Å². The number of guanidine groups is 1. The Morgan fingerprint density at radius 3 is 2.60 bits per heavy atom. The molecule has 1 aromatic carbocycles. The Morgan fingerprint density at radius 1 is 1.20 bits per heavy atom. The van der Waals surface area contributed by atoms with Crippen LogP contribution in [0.2, 0.25) is 0 Å². The molecular weight excluding hydrogens is 436 g/mol. The van der Waals surface area contributed by atoms with Crippen LogP contribution in [0.25, 0.3) is 0 Å². The predicted octanol–water partition coefficient (Wildman–Crippen LogP) is 2.94. The molecule has 0 bridgehead atoms. The van der Waals surface area contributed by atoms with Crippen molar-refractivity contribution in [3.8, 4) is 0 Å². The zero-order valence-electron chi connectivity index (χ0n) is 15.6. The molecule has 7 heteroatoms. The molecule has 0 heterocycles. The Balaban J connectivity index is 0.00000576. The molecule has 5 nitrogen and oxygen atoms in total. The molecular formula is C18H31FIN3O2. The molecule has 0 aromatic heterocycles. The van der Waals surface area contributed by atoms with E-state index in [4.69, 9.17) is 9.47 Å². The summed E-state index contributed by atoms with van der Waals surface area (Å²) in [7, 11) is 1.65. The second kappa shape index (κ2) is 13.3. The van der Waals surface area contributed by atoms with E-state index >= 15 is 0 Å². The van der Waals surface area contributed by atoms with Crippen LogP contribution in [0.4, 0.5) is 4.39 Å². The highest BCUT2D eigenvalue weighted by Crippen LogP contribution is 2.24. The van der Waals surface area contributed by atoms with Crippen molar-refractivity contribution in [2.75, 3.05) is 46.6 Å². The van der Waals surface area contributed by atoms with E-state index in [0.29, 0.717) is 32.9 Å². The van der Waals surface area contributed by atoms with E-state index in [2.05, 4.69) is 29.5 Å². The summed E-state index contributed by atoms with van der Waals surface area (Å²) >= 11 is 0. The normalized spacial score (nSPS) is 11.8. The Hall–Kier alpha value is -0.930. The van der Waals surface area contributed by atoms with Crippen LogP contribution in [0.1, 0.15) is 26.3 Å². The lowest BCUT2D eigenvalue weighted by Gasteiger charge is -2.24. The van der Waals surface area contributed by atoms with Gasteiger partial charge in [-0.1, -0.05) is 26.0 Å². The third-order valence-corrected chi connectivity index (χ3v) is 3.55. The van der Waals surface area contributed by atoms with Crippen LogP contribution in [-0.4, -0.2) is 52.5 Å². The molecule has 0 aliphatic heterocycles. The van der Waals surface area contributed by atoms with E-state index < -0.39 is 0 Å². The molecule has 2 N–H and O–H groups in total. The quantitative estimate of drug-likeness (QED) is 0.241. The van der Waals surface area contributed by atoms with Crippen molar-refractivity contribution in [3.63, 3.8) is 0 Å². The molecule has 1 rings (SSSR count). The molecule has 0 unspecified atom stereocenters. The Bertz CT molecular complexity index is 513. The van der Waals surface area contributed by atoms with Crippen molar-refractivity contribution in [1.29, 1.82) is 0 Å². The fourth-order valence-corrected chi connectivity index (χ4v) is 2.11. The Kier molecular flexibility index (Phi) is 12.8.